The minimum Gasteiger partial charge on any atom is -0.467 e. The molecule has 8 rings (SSSR count). The molecule has 0 aliphatic carbocycles. The van der Waals surface area contributed by atoms with Crippen molar-refractivity contribution in [3.63, 3.8) is 0 Å². The number of carbonyl (C=O) groups excluding carboxylic acids is 5. The number of hydrogen-bond acceptors (Lipinski definition) is 7. The summed E-state index contributed by atoms with van der Waals surface area (Å²) >= 11 is 0. The Labute approximate surface area is 374 Å². The van der Waals surface area contributed by atoms with Gasteiger partial charge in [0.25, 0.3) is 0 Å². The van der Waals surface area contributed by atoms with Crippen LogP contribution in [0.2, 0.25) is 0 Å². The van der Waals surface area contributed by atoms with Gasteiger partial charge in [-0.25, -0.2) is 9.59 Å². The van der Waals surface area contributed by atoms with Crippen LogP contribution in [0.3, 0.4) is 0 Å². The SMILES string of the molecule is COC(=O)[C@H](Cc1c[nH]c2ccccc12)NC(=O)[C@H](Cc1c[nH]c2ccccc12)NC(=O)[C@@H](Cc1c[nH]c2ccccc12)NC(=O)[C@@H](Cc1c[nH]c2ccccc12)NC(=O)OC(C)(C)C. The highest BCUT2D eigenvalue weighted by Crippen LogP contribution is 2.24. The lowest BCUT2D eigenvalue weighted by molar-refractivity contribution is -0.145. The minimum absolute atomic E-state index is 0.0145. The second kappa shape index (κ2) is 18.9. The van der Waals surface area contributed by atoms with Crippen LogP contribution in [0, 0.1) is 0 Å². The Kier molecular flexibility index (Phi) is 12.7. The van der Waals surface area contributed by atoms with Crippen molar-refractivity contribution in [3.05, 3.63) is 144 Å². The van der Waals surface area contributed by atoms with Crippen LogP contribution in [0.1, 0.15) is 43.0 Å². The Balaban J connectivity index is 1.12. The highest BCUT2D eigenvalue weighted by molar-refractivity contribution is 5.97. The number of aromatic nitrogens is 4. The predicted molar refractivity (Wildman–Crippen MR) is 249 cm³/mol. The van der Waals surface area contributed by atoms with Gasteiger partial charge in [0.15, 0.2) is 0 Å². The largest absolute Gasteiger partial charge is 0.467 e. The molecule has 0 fully saturated rings. The molecular formula is C50H52N8O7. The summed E-state index contributed by atoms with van der Waals surface area (Å²) in [4.78, 5) is 83.7. The van der Waals surface area contributed by atoms with Crippen LogP contribution in [0.15, 0.2) is 122 Å². The van der Waals surface area contributed by atoms with Crippen LogP contribution >= 0.6 is 0 Å². The van der Waals surface area contributed by atoms with Crippen molar-refractivity contribution in [2.75, 3.05) is 7.11 Å². The maximum Gasteiger partial charge on any atom is 0.408 e. The molecule has 0 aliphatic rings. The van der Waals surface area contributed by atoms with Gasteiger partial charge in [0.2, 0.25) is 17.7 Å². The third-order valence-corrected chi connectivity index (χ3v) is 11.5. The summed E-state index contributed by atoms with van der Waals surface area (Å²) in [5.41, 5.74) is 5.56. The van der Waals surface area contributed by atoms with Gasteiger partial charge in [-0.05, 0) is 67.3 Å². The predicted octanol–water partition coefficient (Wildman–Crippen LogP) is 6.40. The van der Waals surface area contributed by atoms with Crippen molar-refractivity contribution < 1.29 is 33.4 Å². The monoisotopic (exact) mass is 876 g/mol. The van der Waals surface area contributed by atoms with Crippen LogP contribution in [0.5, 0.6) is 0 Å². The first kappa shape index (κ1) is 43.8. The fourth-order valence-electron chi connectivity index (χ4n) is 8.31. The molecule has 8 N–H and O–H groups in total. The molecule has 4 aromatic heterocycles. The number of nitrogens with one attached hydrogen (secondary N) is 8. The van der Waals surface area contributed by atoms with Gasteiger partial charge in [0.1, 0.15) is 29.8 Å². The average Bonchev–Trinajstić information content (AvgIpc) is 4.10. The first-order valence-electron chi connectivity index (χ1n) is 21.5. The van der Waals surface area contributed by atoms with Gasteiger partial charge in [0, 0.05) is 94.1 Å². The van der Waals surface area contributed by atoms with Gasteiger partial charge >= 0.3 is 12.1 Å². The normalized spacial score (nSPS) is 13.5. The number of hydrogen-bond donors (Lipinski definition) is 8. The zero-order valence-corrected chi connectivity index (χ0v) is 36.5. The van der Waals surface area contributed by atoms with Crippen molar-refractivity contribution in [1.82, 2.24) is 41.2 Å². The van der Waals surface area contributed by atoms with E-state index in [9.17, 15) is 24.0 Å². The van der Waals surface area contributed by atoms with Crippen LogP contribution in [0.25, 0.3) is 43.6 Å². The molecule has 4 aromatic carbocycles. The van der Waals surface area contributed by atoms with E-state index in [-0.39, 0.29) is 25.7 Å². The highest BCUT2D eigenvalue weighted by Gasteiger charge is 2.34. The summed E-state index contributed by atoms with van der Waals surface area (Å²) in [6.45, 7) is 5.17. The molecule has 0 radical (unpaired) electrons. The van der Waals surface area contributed by atoms with Gasteiger partial charge < -0.3 is 50.7 Å². The van der Waals surface area contributed by atoms with Crippen LogP contribution in [0.4, 0.5) is 4.79 Å². The fraction of sp³-hybridized carbons (Fsp3) is 0.260. The number of aromatic amines is 4. The fourth-order valence-corrected chi connectivity index (χ4v) is 8.31. The summed E-state index contributed by atoms with van der Waals surface area (Å²) in [6.07, 6.45) is 6.54. The number of esters is 1. The van der Waals surface area contributed by atoms with E-state index in [0.717, 1.165) is 65.9 Å². The topological polar surface area (TPSA) is 215 Å². The van der Waals surface area contributed by atoms with Crippen LogP contribution in [-0.4, -0.2) is 86.6 Å². The Morgan fingerprint density at radius 1 is 0.462 bits per heavy atom. The Hall–Kier alpha value is -7.81. The summed E-state index contributed by atoms with van der Waals surface area (Å²) in [7, 11) is 1.25. The molecular weight excluding hydrogens is 825 g/mol. The van der Waals surface area contributed by atoms with Crippen LogP contribution in [-0.2, 0) is 54.3 Å². The molecule has 0 aliphatic heterocycles. The molecule has 4 heterocycles. The Morgan fingerprint density at radius 2 is 0.754 bits per heavy atom. The van der Waals surface area contributed by atoms with Gasteiger partial charge in [-0.3, -0.25) is 14.4 Å². The molecule has 8 aromatic rings. The van der Waals surface area contributed by atoms with Gasteiger partial charge in [0.05, 0.1) is 7.11 Å². The average molecular weight is 877 g/mol. The summed E-state index contributed by atoms with van der Waals surface area (Å²) in [5, 5.41) is 14.9. The second-order valence-electron chi connectivity index (χ2n) is 17.2. The van der Waals surface area contributed by atoms with Gasteiger partial charge in [-0.2, -0.15) is 0 Å². The van der Waals surface area contributed by atoms with Crippen molar-refractivity contribution in [2.45, 2.75) is 76.2 Å². The van der Waals surface area contributed by atoms with E-state index in [1.807, 2.05) is 97.1 Å². The molecule has 0 bridgehead atoms. The van der Waals surface area contributed by atoms with Crippen molar-refractivity contribution in [2.24, 2.45) is 0 Å². The number of amides is 4. The second-order valence-corrected chi connectivity index (χ2v) is 17.2. The van der Waals surface area contributed by atoms with E-state index in [1.165, 1.54) is 7.11 Å². The number of para-hydroxylation sites is 4. The van der Waals surface area contributed by atoms with Crippen molar-refractivity contribution in [1.29, 1.82) is 0 Å². The zero-order valence-electron chi connectivity index (χ0n) is 36.5. The number of fused-ring (bicyclic) bond motifs is 4. The molecule has 334 valence electrons. The highest BCUT2D eigenvalue weighted by atomic mass is 16.6. The quantitative estimate of drug-likeness (QED) is 0.0511. The third kappa shape index (κ3) is 10.2. The molecule has 15 heteroatoms. The molecule has 4 amide bonds. The number of H-pyrrole nitrogens is 4. The lowest BCUT2D eigenvalue weighted by Gasteiger charge is -2.27. The standard InChI is InChI=1S/C50H52N8O7/c1-50(2,3)65-49(63)58-43(23-31-27-53-39-19-11-7-15-35(31)39)47(61)56-41(21-29-25-51-37-17-9-5-13-33(29)37)45(59)55-42(22-30-26-52-38-18-10-6-14-34(30)38)46(60)57-44(48(62)64-4)24-32-28-54-40-20-12-8-16-36(32)40/h5-20,25-28,41-44,51-54H,21-24H2,1-4H3,(H,55,59)(H,56,61)(H,57,60)(H,58,63)/t41-,42+,43-,44+/m1/s1. The molecule has 0 unspecified atom stereocenters. The van der Waals surface area contributed by atoms with Crippen LogP contribution < -0.4 is 21.3 Å². The van der Waals surface area contributed by atoms with E-state index >= 15 is 0 Å². The maximum atomic E-state index is 14.9. The van der Waals surface area contributed by atoms with E-state index in [4.69, 9.17) is 9.47 Å². The molecule has 65 heavy (non-hydrogen) atoms. The van der Waals surface area contributed by atoms with Crippen molar-refractivity contribution in [3.8, 4) is 0 Å². The van der Waals surface area contributed by atoms with E-state index in [0.29, 0.717) is 0 Å². The number of benzene rings is 4. The number of carbonyl (C=O) groups is 5. The zero-order chi connectivity index (χ0) is 45.7. The molecule has 4 atom stereocenters. The molecule has 15 nitrogen and oxygen atoms in total. The maximum absolute atomic E-state index is 14.9. The Morgan fingerprint density at radius 3 is 1.08 bits per heavy atom. The number of methoxy groups -OCH3 is 1. The molecule has 0 spiro atoms. The number of alkyl carbamates (subject to hydrolysis) is 1. The lowest BCUT2D eigenvalue weighted by atomic mass is 10.00. The number of rotatable bonds is 16. The first-order valence-corrected chi connectivity index (χ1v) is 21.5. The third-order valence-electron chi connectivity index (χ3n) is 11.5. The first-order chi connectivity index (χ1) is 31.3. The van der Waals surface area contributed by atoms with Gasteiger partial charge in [-0.1, -0.05) is 72.8 Å². The summed E-state index contributed by atoms with van der Waals surface area (Å²) in [6, 6.07) is 25.6. The van der Waals surface area contributed by atoms with Crippen molar-refractivity contribution >= 4 is 73.4 Å². The molecule has 0 saturated heterocycles. The minimum atomic E-state index is -1.26. The summed E-state index contributed by atoms with van der Waals surface area (Å²) in [5.74, 6) is -2.62. The van der Waals surface area contributed by atoms with E-state index < -0.39 is 59.6 Å². The Bertz CT molecular complexity index is 3010. The van der Waals surface area contributed by atoms with Gasteiger partial charge in [-0.15, -0.1) is 0 Å². The van der Waals surface area contributed by atoms with E-state index in [2.05, 4.69) is 41.2 Å². The number of ether oxygens (including phenoxy) is 2. The lowest BCUT2D eigenvalue weighted by Crippen LogP contribution is -2.59. The molecule has 0 saturated carbocycles. The van der Waals surface area contributed by atoms with E-state index in [1.54, 1.807) is 45.6 Å². The summed E-state index contributed by atoms with van der Waals surface area (Å²) < 4.78 is 10.7. The smallest absolute Gasteiger partial charge is 0.408 e.